The van der Waals surface area contributed by atoms with Gasteiger partial charge in [-0.05, 0) is 32.3 Å². The van der Waals surface area contributed by atoms with Gasteiger partial charge in [-0.25, -0.2) is 0 Å². The second-order valence-corrected chi connectivity index (χ2v) is 4.85. The number of hydrogen-bond donors (Lipinski definition) is 2. The minimum Gasteiger partial charge on any atom is -0.383 e. The van der Waals surface area contributed by atoms with Crippen LogP contribution in [0.4, 0.5) is 0 Å². The molecule has 0 fully saturated rings. The minimum atomic E-state index is 0.256. The summed E-state index contributed by atoms with van der Waals surface area (Å²) in [6, 6.07) is 10.8. The zero-order chi connectivity index (χ0) is 14.6. The molecule has 0 spiro atoms. The van der Waals surface area contributed by atoms with Gasteiger partial charge < -0.3 is 15.4 Å². The first-order valence-electron chi connectivity index (χ1n) is 7.34. The van der Waals surface area contributed by atoms with Crippen LogP contribution in [0.25, 0.3) is 0 Å². The SMILES string of the molecule is CCNC(=NCCCc1ccccc1)NC(C)COC. The number of ether oxygens (including phenoxy) is 1. The van der Waals surface area contributed by atoms with Crippen LogP contribution < -0.4 is 10.6 Å². The summed E-state index contributed by atoms with van der Waals surface area (Å²) >= 11 is 0. The zero-order valence-corrected chi connectivity index (χ0v) is 12.9. The van der Waals surface area contributed by atoms with Crippen molar-refractivity contribution in [2.45, 2.75) is 32.7 Å². The fraction of sp³-hybridized carbons (Fsp3) is 0.562. The van der Waals surface area contributed by atoms with Gasteiger partial charge in [-0.3, -0.25) is 4.99 Å². The summed E-state index contributed by atoms with van der Waals surface area (Å²) in [6.07, 6.45) is 2.12. The fourth-order valence-electron chi connectivity index (χ4n) is 1.96. The van der Waals surface area contributed by atoms with Crippen LogP contribution in [0, 0.1) is 0 Å². The molecule has 4 heteroatoms. The maximum absolute atomic E-state index is 5.12. The number of nitrogens with one attached hydrogen (secondary N) is 2. The van der Waals surface area contributed by atoms with E-state index in [1.807, 2.05) is 6.07 Å². The molecule has 20 heavy (non-hydrogen) atoms. The molecule has 0 aliphatic carbocycles. The van der Waals surface area contributed by atoms with E-state index < -0.39 is 0 Å². The highest BCUT2D eigenvalue weighted by Crippen LogP contribution is 2.02. The van der Waals surface area contributed by atoms with Gasteiger partial charge in [0.1, 0.15) is 0 Å². The summed E-state index contributed by atoms with van der Waals surface area (Å²) < 4.78 is 5.12. The van der Waals surface area contributed by atoms with Crippen molar-refractivity contribution >= 4 is 5.96 Å². The predicted molar refractivity (Wildman–Crippen MR) is 85.2 cm³/mol. The number of aryl methyl sites for hydroxylation is 1. The van der Waals surface area contributed by atoms with Crippen LogP contribution in [-0.4, -0.2) is 38.8 Å². The minimum absolute atomic E-state index is 0.256. The fourth-order valence-corrected chi connectivity index (χ4v) is 1.96. The van der Waals surface area contributed by atoms with Gasteiger partial charge in [0, 0.05) is 26.2 Å². The Morgan fingerprint density at radius 2 is 2.05 bits per heavy atom. The molecule has 0 amide bonds. The lowest BCUT2D eigenvalue weighted by molar-refractivity contribution is 0.179. The van der Waals surface area contributed by atoms with Crippen molar-refractivity contribution in [1.82, 2.24) is 10.6 Å². The van der Waals surface area contributed by atoms with Crippen molar-refractivity contribution in [3.05, 3.63) is 35.9 Å². The van der Waals surface area contributed by atoms with Gasteiger partial charge in [0.05, 0.1) is 6.61 Å². The quantitative estimate of drug-likeness (QED) is 0.435. The monoisotopic (exact) mass is 277 g/mol. The highest BCUT2D eigenvalue weighted by Gasteiger charge is 2.03. The molecular weight excluding hydrogens is 250 g/mol. The Labute approximate surface area is 122 Å². The highest BCUT2D eigenvalue weighted by molar-refractivity contribution is 5.80. The van der Waals surface area contributed by atoms with Crippen molar-refractivity contribution in [1.29, 1.82) is 0 Å². The van der Waals surface area contributed by atoms with Gasteiger partial charge in [-0.1, -0.05) is 30.3 Å². The van der Waals surface area contributed by atoms with E-state index >= 15 is 0 Å². The van der Waals surface area contributed by atoms with Crippen molar-refractivity contribution in [3.63, 3.8) is 0 Å². The van der Waals surface area contributed by atoms with E-state index in [9.17, 15) is 0 Å². The van der Waals surface area contributed by atoms with Crippen LogP contribution in [0.3, 0.4) is 0 Å². The van der Waals surface area contributed by atoms with Crippen LogP contribution in [0.1, 0.15) is 25.8 Å². The normalized spacial score (nSPS) is 13.1. The van der Waals surface area contributed by atoms with Crippen molar-refractivity contribution in [3.8, 4) is 0 Å². The Kier molecular flexibility index (Phi) is 8.47. The lowest BCUT2D eigenvalue weighted by Crippen LogP contribution is -2.44. The smallest absolute Gasteiger partial charge is 0.191 e. The van der Waals surface area contributed by atoms with Crippen LogP contribution in [-0.2, 0) is 11.2 Å². The molecule has 1 unspecified atom stereocenters. The molecule has 0 aliphatic heterocycles. The molecule has 0 saturated heterocycles. The van der Waals surface area contributed by atoms with Crippen molar-refractivity contribution in [2.75, 3.05) is 26.8 Å². The van der Waals surface area contributed by atoms with Gasteiger partial charge in [-0.15, -0.1) is 0 Å². The summed E-state index contributed by atoms with van der Waals surface area (Å²) in [7, 11) is 1.71. The second kappa shape index (κ2) is 10.3. The second-order valence-electron chi connectivity index (χ2n) is 4.85. The van der Waals surface area contributed by atoms with E-state index in [-0.39, 0.29) is 6.04 Å². The van der Waals surface area contributed by atoms with Gasteiger partial charge in [-0.2, -0.15) is 0 Å². The number of guanidine groups is 1. The van der Waals surface area contributed by atoms with Crippen molar-refractivity contribution in [2.24, 2.45) is 4.99 Å². The largest absolute Gasteiger partial charge is 0.383 e. The molecule has 1 aromatic rings. The van der Waals surface area contributed by atoms with Gasteiger partial charge in [0.15, 0.2) is 5.96 Å². The first-order chi connectivity index (χ1) is 9.76. The summed E-state index contributed by atoms with van der Waals surface area (Å²) in [5.74, 6) is 0.866. The maximum atomic E-state index is 5.12. The molecule has 0 aliphatic rings. The average molecular weight is 277 g/mol. The van der Waals surface area contributed by atoms with E-state index in [4.69, 9.17) is 4.74 Å². The molecule has 1 atom stereocenters. The molecular formula is C16H27N3O. The molecule has 0 bridgehead atoms. The Hall–Kier alpha value is -1.55. The number of benzene rings is 1. The first-order valence-corrected chi connectivity index (χ1v) is 7.34. The predicted octanol–water partition coefficient (Wildman–Crippen LogP) is 2.21. The van der Waals surface area contributed by atoms with Gasteiger partial charge in [0.2, 0.25) is 0 Å². The molecule has 0 saturated carbocycles. The van der Waals surface area contributed by atoms with E-state index in [0.29, 0.717) is 6.61 Å². The number of rotatable bonds is 8. The van der Waals surface area contributed by atoms with Crippen molar-refractivity contribution < 1.29 is 4.74 Å². The molecule has 1 rings (SSSR count). The summed E-state index contributed by atoms with van der Waals surface area (Å²) in [4.78, 5) is 4.59. The molecule has 4 nitrogen and oxygen atoms in total. The van der Waals surface area contributed by atoms with Gasteiger partial charge in [0.25, 0.3) is 0 Å². The Morgan fingerprint density at radius 1 is 1.30 bits per heavy atom. The summed E-state index contributed by atoms with van der Waals surface area (Å²) in [5.41, 5.74) is 1.37. The Balaban J connectivity index is 2.34. The lowest BCUT2D eigenvalue weighted by atomic mass is 10.1. The van der Waals surface area contributed by atoms with E-state index in [0.717, 1.165) is 31.9 Å². The third kappa shape index (κ3) is 7.14. The molecule has 112 valence electrons. The summed E-state index contributed by atoms with van der Waals surface area (Å²) in [6.45, 7) is 6.52. The third-order valence-corrected chi connectivity index (χ3v) is 2.88. The number of nitrogens with zero attached hydrogens (tertiary/aromatic N) is 1. The Morgan fingerprint density at radius 3 is 2.70 bits per heavy atom. The standard InChI is InChI=1S/C16H27N3O/c1-4-17-16(19-14(2)13-20-3)18-12-8-11-15-9-6-5-7-10-15/h5-7,9-10,14H,4,8,11-13H2,1-3H3,(H2,17,18,19). The third-order valence-electron chi connectivity index (χ3n) is 2.88. The topological polar surface area (TPSA) is 45.7 Å². The average Bonchev–Trinajstić information content (AvgIpc) is 2.45. The summed E-state index contributed by atoms with van der Waals surface area (Å²) in [5, 5.41) is 6.59. The molecule has 2 N–H and O–H groups in total. The zero-order valence-electron chi connectivity index (χ0n) is 12.9. The van der Waals surface area contributed by atoms with Gasteiger partial charge >= 0.3 is 0 Å². The molecule has 0 radical (unpaired) electrons. The van der Waals surface area contributed by atoms with Crippen LogP contribution in [0.5, 0.6) is 0 Å². The number of aliphatic imine (C=N–C) groups is 1. The van der Waals surface area contributed by atoms with Crippen LogP contribution >= 0.6 is 0 Å². The molecule has 0 heterocycles. The maximum Gasteiger partial charge on any atom is 0.191 e. The lowest BCUT2D eigenvalue weighted by Gasteiger charge is -2.16. The Bertz CT molecular complexity index is 379. The van der Waals surface area contributed by atoms with E-state index in [1.165, 1.54) is 5.56 Å². The first kappa shape index (κ1) is 16.5. The van der Waals surface area contributed by atoms with E-state index in [2.05, 4.69) is 53.7 Å². The van der Waals surface area contributed by atoms with Crippen LogP contribution in [0.15, 0.2) is 35.3 Å². The number of methoxy groups -OCH3 is 1. The van der Waals surface area contributed by atoms with E-state index in [1.54, 1.807) is 7.11 Å². The molecule has 0 aromatic heterocycles. The van der Waals surface area contributed by atoms with Crippen LogP contribution in [0.2, 0.25) is 0 Å². The molecule has 1 aromatic carbocycles. The highest BCUT2D eigenvalue weighted by atomic mass is 16.5. The number of hydrogen-bond acceptors (Lipinski definition) is 2.